The van der Waals surface area contributed by atoms with Gasteiger partial charge in [0.2, 0.25) is 0 Å². The van der Waals surface area contributed by atoms with Crippen LogP contribution >= 0.6 is 0 Å². The third kappa shape index (κ3) is 2.14. The molecule has 0 spiro atoms. The van der Waals surface area contributed by atoms with Gasteiger partial charge in [0.1, 0.15) is 0 Å². The Balaban J connectivity index is 2.38. The molecule has 0 aromatic rings. The van der Waals surface area contributed by atoms with Crippen molar-refractivity contribution in [2.24, 2.45) is 0 Å². The van der Waals surface area contributed by atoms with Crippen LogP contribution in [0.1, 0.15) is 0 Å². The summed E-state index contributed by atoms with van der Waals surface area (Å²) in [5, 5.41) is 0. The summed E-state index contributed by atoms with van der Waals surface area (Å²) in [6, 6.07) is 0. The van der Waals surface area contributed by atoms with Gasteiger partial charge < -0.3 is 9.57 Å². The van der Waals surface area contributed by atoms with Gasteiger partial charge >= 0.3 is 12.3 Å². The molecule has 0 atom stereocenters. The van der Waals surface area contributed by atoms with Gasteiger partial charge in [-0.05, 0) is 0 Å². The predicted molar refractivity (Wildman–Crippen MR) is 23.0 cm³/mol. The topological polar surface area (TPSA) is 30.5 Å². The number of alkyl halides is 3. The average molecular weight is 154 g/mol. The first-order valence-corrected chi connectivity index (χ1v) is 2.34. The molecule has 1 rings (SSSR count). The first kappa shape index (κ1) is 7.20. The number of rotatable bonds is 1. The molecule has 57 valence electrons. The third-order valence-electron chi connectivity index (χ3n) is 0.678. The van der Waals surface area contributed by atoms with Crippen molar-refractivity contribution in [3.8, 4) is 0 Å². The van der Waals surface area contributed by atoms with E-state index in [0.717, 1.165) is 0 Å². The predicted octanol–water partition coefficient (Wildman–Crippen LogP) is 0.702. The lowest BCUT2D eigenvalue weighted by Gasteiger charge is -2.07. The van der Waals surface area contributed by atoms with E-state index in [-0.39, 0.29) is 6.54 Å². The Morgan fingerprint density at radius 1 is 1.60 bits per heavy atom. The number of hydroxylamine groups is 1. The van der Waals surface area contributed by atoms with Gasteiger partial charge in [0, 0.05) is 0 Å². The molecule has 0 fully saturated rings. The molecular weight excluding hydrogens is 151 g/mol. The molecule has 0 aromatic heterocycles. The van der Waals surface area contributed by atoms with Crippen molar-refractivity contribution < 1.29 is 22.7 Å². The van der Waals surface area contributed by atoms with Crippen molar-refractivity contribution in [3.05, 3.63) is 12.0 Å². The lowest BCUT2D eigenvalue weighted by atomic mass is 10.6. The van der Waals surface area contributed by atoms with Crippen molar-refractivity contribution in [1.29, 1.82) is 0 Å². The molecule has 1 heterocycles. The van der Waals surface area contributed by atoms with Gasteiger partial charge in [-0.2, -0.15) is 0 Å². The number of ether oxygens (including phenoxy) is 1. The summed E-state index contributed by atoms with van der Waals surface area (Å²) >= 11 is 0. The highest BCUT2D eigenvalue weighted by molar-refractivity contribution is 4.81. The molecule has 0 saturated carbocycles. The normalized spacial score (nSPS) is 18.1. The van der Waals surface area contributed by atoms with Gasteiger partial charge in [-0.15, -0.1) is 18.7 Å². The van der Waals surface area contributed by atoms with Crippen LogP contribution in [0.2, 0.25) is 0 Å². The summed E-state index contributed by atoms with van der Waals surface area (Å²) in [5.41, 5.74) is 2.12. The molecule has 0 bridgehead atoms. The first-order valence-electron chi connectivity index (χ1n) is 2.34. The zero-order valence-corrected chi connectivity index (χ0v) is 4.66. The van der Waals surface area contributed by atoms with Gasteiger partial charge in [-0.25, -0.2) is 0 Å². The van der Waals surface area contributed by atoms with E-state index in [1.165, 1.54) is 0 Å². The van der Waals surface area contributed by atoms with Gasteiger partial charge in [-0.3, -0.25) is 0 Å². The molecule has 0 unspecified atom stereocenters. The molecule has 1 radical (unpaired) electrons. The zero-order valence-electron chi connectivity index (χ0n) is 4.66. The van der Waals surface area contributed by atoms with Crippen LogP contribution in [0, 0.1) is 6.08 Å². The number of halogens is 3. The Morgan fingerprint density at radius 3 is 2.70 bits per heavy atom. The molecule has 10 heavy (non-hydrogen) atoms. The fraction of sp³-hybridized carbons (Fsp3) is 0.500. The summed E-state index contributed by atoms with van der Waals surface area (Å²) in [4.78, 5) is 4.14. The van der Waals surface area contributed by atoms with Crippen LogP contribution in [0.3, 0.4) is 0 Å². The second-order valence-corrected chi connectivity index (χ2v) is 1.44. The minimum Gasteiger partial charge on any atom is -0.371 e. The number of hydrogen-bond acceptors (Lipinski definition) is 3. The molecule has 1 aliphatic rings. The summed E-state index contributed by atoms with van der Waals surface area (Å²) in [6.07, 6.45) is -2.55. The Bertz CT molecular complexity index is 153. The summed E-state index contributed by atoms with van der Waals surface area (Å²) in [7, 11) is 0. The summed E-state index contributed by atoms with van der Waals surface area (Å²) in [6.45, 7) is 0.103. The number of nitrogens with one attached hydrogen (secondary N) is 1. The monoisotopic (exact) mass is 154 g/mol. The molecule has 0 aromatic carbocycles. The smallest absolute Gasteiger partial charge is 0.371 e. The van der Waals surface area contributed by atoms with Crippen LogP contribution in [-0.2, 0) is 9.57 Å². The highest BCUT2D eigenvalue weighted by Crippen LogP contribution is 2.21. The molecule has 0 saturated heterocycles. The van der Waals surface area contributed by atoms with Crippen LogP contribution in [0.15, 0.2) is 5.95 Å². The minimum atomic E-state index is -4.70. The zero-order chi connectivity index (χ0) is 7.61. The second kappa shape index (κ2) is 2.37. The molecule has 6 heteroatoms. The number of hydrogen-bond donors (Lipinski definition) is 1. The highest BCUT2D eigenvalue weighted by Gasteiger charge is 2.33. The van der Waals surface area contributed by atoms with E-state index in [1.54, 1.807) is 0 Å². The van der Waals surface area contributed by atoms with Gasteiger partial charge in [0.15, 0.2) is 0 Å². The van der Waals surface area contributed by atoms with E-state index in [9.17, 15) is 13.2 Å². The van der Waals surface area contributed by atoms with Crippen LogP contribution in [0.5, 0.6) is 0 Å². The maximum atomic E-state index is 11.3. The van der Waals surface area contributed by atoms with Gasteiger partial charge in [0.05, 0.1) is 12.6 Å². The summed E-state index contributed by atoms with van der Waals surface area (Å²) in [5.74, 6) is -0.674. The Labute approximate surface area is 54.4 Å². The Hall–Kier alpha value is -0.910. The SMILES string of the molecule is FC(F)(F)OC1=[C]CNO1. The molecule has 0 amide bonds. The minimum absolute atomic E-state index is 0.103. The largest absolute Gasteiger partial charge is 0.575 e. The van der Waals surface area contributed by atoms with E-state index in [0.29, 0.717) is 0 Å². The second-order valence-electron chi connectivity index (χ2n) is 1.44. The van der Waals surface area contributed by atoms with Gasteiger partial charge in [-0.1, -0.05) is 0 Å². The maximum absolute atomic E-state index is 11.3. The fourth-order valence-electron chi connectivity index (χ4n) is 0.408. The lowest BCUT2D eigenvalue weighted by molar-refractivity contribution is -0.323. The van der Waals surface area contributed by atoms with E-state index < -0.39 is 12.3 Å². The fourth-order valence-corrected chi connectivity index (χ4v) is 0.408. The van der Waals surface area contributed by atoms with Crippen molar-refractivity contribution >= 4 is 0 Å². The average Bonchev–Trinajstić information content (AvgIpc) is 2.12. The Kier molecular flexibility index (Phi) is 1.71. The van der Waals surface area contributed by atoms with Crippen LogP contribution in [0.25, 0.3) is 0 Å². The van der Waals surface area contributed by atoms with E-state index in [1.807, 2.05) is 0 Å². The van der Waals surface area contributed by atoms with Crippen LogP contribution in [-0.4, -0.2) is 12.9 Å². The Morgan fingerprint density at radius 2 is 2.30 bits per heavy atom. The molecular formula is C4H3F3NO2. The van der Waals surface area contributed by atoms with Crippen LogP contribution < -0.4 is 5.48 Å². The van der Waals surface area contributed by atoms with Crippen molar-refractivity contribution in [2.75, 3.05) is 6.54 Å². The molecule has 1 N–H and O–H groups in total. The first-order chi connectivity index (χ1) is 4.58. The lowest BCUT2D eigenvalue weighted by Crippen LogP contribution is -2.15. The van der Waals surface area contributed by atoms with Crippen molar-refractivity contribution in [1.82, 2.24) is 5.48 Å². The van der Waals surface area contributed by atoms with Crippen molar-refractivity contribution in [3.63, 3.8) is 0 Å². The van der Waals surface area contributed by atoms with Crippen molar-refractivity contribution in [2.45, 2.75) is 6.36 Å². The van der Waals surface area contributed by atoms with Gasteiger partial charge in [0.25, 0.3) is 0 Å². The van der Waals surface area contributed by atoms with E-state index in [2.05, 4.69) is 21.1 Å². The van der Waals surface area contributed by atoms with Crippen LogP contribution in [0.4, 0.5) is 13.2 Å². The summed E-state index contributed by atoms with van der Waals surface area (Å²) < 4.78 is 37.3. The highest BCUT2D eigenvalue weighted by atomic mass is 19.4. The maximum Gasteiger partial charge on any atom is 0.575 e. The van der Waals surface area contributed by atoms with E-state index in [4.69, 9.17) is 0 Å². The molecule has 0 aliphatic carbocycles. The quantitative estimate of drug-likeness (QED) is 0.603. The standard InChI is InChI=1S/C4H3F3NO2/c5-4(6,7)9-3-1-2-8-10-3/h8H,2H2. The third-order valence-corrected chi connectivity index (χ3v) is 0.678. The molecule has 1 aliphatic heterocycles. The van der Waals surface area contributed by atoms with E-state index >= 15 is 0 Å². The molecule has 3 nitrogen and oxygen atoms in total.